The molecule has 0 heterocycles. The second-order valence-electron chi connectivity index (χ2n) is 5.26. The van der Waals surface area contributed by atoms with Gasteiger partial charge in [-0.05, 0) is 48.2 Å². The van der Waals surface area contributed by atoms with Crippen LogP contribution in [-0.4, -0.2) is 13.7 Å². The highest BCUT2D eigenvalue weighted by atomic mass is 16.5. The molecule has 0 aliphatic heterocycles. The van der Waals surface area contributed by atoms with Gasteiger partial charge in [0.15, 0.2) is 0 Å². The number of likely N-dealkylation sites (N-methyl/N-ethyl adjacent to an activating group) is 1. The van der Waals surface area contributed by atoms with Gasteiger partial charge in [0.1, 0.15) is 5.75 Å². The molecule has 112 valence electrons. The molecule has 1 atom stereocenters. The first-order chi connectivity index (χ1) is 10.3. The maximum Gasteiger partial charge on any atom is 0.118 e. The molecule has 0 spiro atoms. The van der Waals surface area contributed by atoms with Crippen molar-refractivity contribution in [2.45, 2.75) is 32.7 Å². The molecule has 0 saturated carbocycles. The molecule has 0 aromatic heterocycles. The van der Waals surface area contributed by atoms with E-state index in [-0.39, 0.29) is 0 Å². The van der Waals surface area contributed by atoms with E-state index in [0.29, 0.717) is 6.04 Å². The minimum absolute atomic E-state index is 0.341. The Bertz CT molecular complexity index is 530. The molecular formula is C19H25NO. The van der Waals surface area contributed by atoms with E-state index >= 15 is 0 Å². The monoisotopic (exact) mass is 283 g/mol. The van der Waals surface area contributed by atoms with E-state index in [1.165, 1.54) is 16.7 Å². The zero-order valence-electron chi connectivity index (χ0n) is 13.2. The topological polar surface area (TPSA) is 21.3 Å². The van der Waals surface area contributed by atoms with Crippen molar-refractivity contribution >= 4 is 0 Å². The van der Waals surface area contributed by atoms with E-state index in [4.69, 9.17) is 4.74 Å². The summed E-state index contributed by atoms with van der Waals surface area (Å²) >= 11 is 0. The Morgan fingerprint density at radius 3 is 2.05 bits per heavy atom. The summed E-state index contributed by atoms with van der Waals surface area (Å²) in [7, 11) is 1.70. The number of aryl methyl sites for hydroxylation is 1. The summed E-state index contributed by atoms with van der Waals surface area (Å²) in [6.45, 7) is 5.30. The van der Waals surface area contributed by atoms with Gasteiger partial charge >= 0.3 is 0 Å². The fourth-order valence-corrected chi connectivity index (χ4v) is 2.54. The Labute approximate surface area is 128 Å². The Kier molecular flexibility index (Phi) is 5.82. The van der Waals surface area contributed by atoms with Crippen LogP contribution in [0.15, 0.2) is 48.5 Å². The molecule has 0 amide bonds. The van der Waals surface area contributed by atoms with Gasteiger partial charge in [0.25, 0.3) is 0 Å². The molecule has 0 bridgehead atoms. The minimum atomic E-state index is 0.341. The fraction of sp³-hybridized carbons (Fsp3) is 0.368. The maximum atomic E-state index is 5.23. The Balaban J connectivity index is 2.13. The van der Waals surface area contributed by atoms with Crippen LogP contribution in [0.25, 0.3) is 0 Å². The van der Waals surface area contributed by atoms with Gasteiger partial charge in [0.05, 0.1) is 7.11 Å². The van der Waals surface area contributed by atoms with Crippen LogP contribution >= 0.6 is 0 Å². The summed E-state index contributed by atoms with van der Waals surface area (Å²) in [4.78, 5) is 0. The van der Waals surface area contributed by atoms with Crippen LogP contribution < -0.4 is 10.1 Å². The summed E-state index contributed by atoms with van der Waals surface area (Å²) < 4.78 is 5.23. The average molecular weight is 283 g/mol. The van der Waals surface area contributed by atoms with Gasteiger partial charge in [0.2, 0.25) is 0 Å². The first-order valence-electron chi connectivity index (χ1n) is 7.72. The van der Waals surface area contributed by atoms with Crippen molar-refractivity contribution in [1.29, 1.82) is 0 Å². The molecule has 0 aliphatic carbocycles. The number of hydrogen-bond donors (Lipinski definition) is 1. The lowest BCUT2D eigenvalue weighted by Gasteiger charge is -2.19. The summed E-state index contributed by atoms with van der Waals surface area (Å²) in [5.74, 6) is 0.904. The zero-order chi connectivity index (χ0) is 15.1. The van der Waals surface area contributed by atoms with E-state index in [0.717, 1.165) is 25.1 Å². The summed E-state index contributed by atoms with van der Waals surface area (Å²) in [5, 5.41) is 3.57. The van der Waals surface area contributed by atoms with Gasteiger partial charge in [-0.3, -0.25) is 0 Å². The van der Waals surface area contributed by atoms with E-state index in [1.54, 1.807) is 7.11 Å². The molecule has 2 rings (SSSR count). The fourth-order valence-electron chi connectivity index (χ4n) is 2.54. The summed E-state index contributed by atoms with van der Waals surface area (Å²) in [6.07, 6.45) is 2.10. The third kappa shape index (κ3) is 4.33. The van der Waals surface area contributed by atoms with Crippen LogP contribution in [0.3, 0.4) is 0 Å². The van der Waals surface area contributed by atoms with Crippen molar-refractivity contribution in [2.75, 3.05) is 13.7 Å². The van der Waals surface area contributed by atoms with Crippen molar-refractivity contribution in [3.63, 3.8) is 0 Å². The zero-order valence-corrected chi connectivity index (χ0v) is 13.2. The standard InChI is InChI=1S/C19H25NO/c1-4-15-6-8-16(9-7-15)14-19(20-5-2)17-10-12-18(21-3)13-11-17/h6-13,19-20H,4-5,14H2,1-3H3. The minimum Gasteiger partial charge on any atom is -0.497 e. The first kappa shape index (κ1) is 15.6. The van der Waals surface area contributed by atoms with Crippen molar-refractivity contribution in [3.05, 3.63) is 65.2 Å². The molecule has 2 aromatic rings. The Morgan fingerprint density at radius 1 is 0.905 bits per heavy atom. The van der Waals surface area contributed by atoms with Crippen LogP contribution in [0.2, 0.25) is 0 Å². The second-order valence-corrected chi connectivity index (χ2v) is 5.26. The second kappa shape index (κ2) is 7.84. The predicted octanol–water partition coefficient (Wildman–Crippen LogP) is 4.15. The van der Waals surface area contributed by atoms with E-state index in [9.17, 15) is 0 Å². The van der Waals surface area contributed by atoms with Crippen LogP contribution in [0, 0.1) is 0 Å². The Morgan fingerprint density at radius 2 is 1.52 bits per heavy atom. The van der Waals surface area contributed by atoms with Gasteiger partial charge < -0.3 is 10.1 Å². The smallest absolute Gasteiger partial charge is 0.118 e. The van der Waals surface area contributed by atoms with E-state index in [1.807, 2.05) is 12.1 Å². The molecule has 0 fully saturated rings. The molecule has 1 unspecified atom stereocenters. The van der Waals surface area contributed by atoms with Gasteiger partial charge in [-0.2, -0.15) is 0 Å². The normalized spacial score (nSPS) is 12.1. The molecule has 21 heavy (non-hydrogen) atoms. The first-order valence-corrected chi connectivity index (χ1v) is 7.72. The van der Waals surface area contributed by atoms with Crippen molar-refractivity contribution in [3.8, 4) is 5.75 Å². The number of benzene rings is 2. The highest BCUT2D eigenvalue weighted by Gasteiger charge is 2.11. The quantitative estimate of drug-likeness (QED) is 0.824. The van der Waals surface area contributed by atoms with E-state index < -0.39 is 0 Å². The van der Waals surface area contributed by atoms with Crippen LogP contribution in [0.1, 0.15) is 36.6 Å². The van der Waals surface area contributed by atoms with Gasteiger partial charge in [0, 0.05) is 6.04 Å². The van der Waals surface area contributed by atoms with Crippen LogP contribution in [-0.2, 0) is 12.8 Å². The lowest BCUT2D eigenvalue weighted by atomic mass is 9.97. The van der Waals surface area contributed by atoms with Crippen molar-refractivity contribution in [1.82, 2.24) is 5.32 Å². The molecule has 2 heteroatoms. The molecular weight excluding hydrogens is 258 g/mol. The number of rotatable bonds is 7. The third-order valence-electron chi connectivity index (χ3n) is 3.84. The van der Waals surface area contributed by atoms with Gasteiger partial charge in [-0.15, -0.1) is 0 Å². The van der Waals surface area contributed by atoms with Gasteiger partial charge in [-0.25, -0.2) is 0 Å². The highest BCUT2D eigenvalue weighted by molar-refractivity contribution is 5.31. The molecule has 2 aromatic carbocycles. The molecule has 1 N–H and O–H groups in total. The number of nitrogens with one attached hydrogen (secondary N) is 1. The lowest BCUT2D eigenvalue weighted by molar-refractivity contribution is 0.414. The predicted molar refractivity (Wildman–Crippen MR) is 88.9 cm³/mol. The lowest BCUT2D eigenvalue weighted by Crippen LogP contribution is -2.22. The molecule has 0 saturated heterocycles. The Hall–Kier alpha value is -1.80. The number of hydrogen-bond acceptors (Lipinski definition) is 2. The van der Waals surface area contributed by atoms with Crippen LogP contribution in [0.4, 0.5) is 0 Å². The number of methoxy groups -OCH3 is 1. The summed E-state index contributed by atoms with van der Waals surface area (Å²) in [5.41, 5.74) is 4.06. The molecule has 0 radical (unpaired) electrons. The maximum absolute atomic E-state index is 5.23. The highest BCUT2D eigenvalue weighted by Crippen LogP contribution is 2.21. The largest absolute Gasteiger partial charge is 0.497 e. The third-order valence-corrected chi connectivity index (χ3v) is 3.84. The summed E-state index contributed by atoms with van der Waals surface area (Å²) in [6, 6.07) is 17.6. The molecule has 0 aliphatic rings. The average Bonchev–Trinajstić information content (AvgIpc) is 2.55. The van der Waals surface area contributed by atoms with Crippen molar-refractivity contribution < 1.29 is 4.74 Å². The van der Waals surface area contributed by atoms with Crippen LogP contribution in [0.5, 0.6) is 5.75 Å². The van der Waals surface area contributed by atoms with Gasteiger partial charge in [-0.1, -0.05) is 50.2 Å². The number of ether oxygens (including phenoxy) is 1. The SMILES string of the molecule is CCNC(Cc1ccc(CC)cc1)c1ccc(OC)cc1. The van der Waals surface area contributed by atoms with Crippen molar-refractivity contribution in [2.24, 2.45) is 0 Å². The molecule has 2 nitrogen and oxygen atoms in total. The van der Waals surface area contributed by atoms with E-state index in [2.05, 4.69) is 55.6 Å².